The maximum Gasteiger partial charge on any atom is 0.333 e. The third kappa shape index (κ3) is 24.1. The normalized spacial score (nSPS) is 13.1. The molecule has 42 nitrogen and oxygen atoms in total. The van der Waals surface area contributed by atoms with E-state index in [1.165, 1.54) is 125 Å². The lowest BCUT2D eigenvalue weighted by Crippen LogP contribution is -2.44. The van der Waals surface area contributed by atoms with Crippen LogP contribution in [-0.2, 0) is 126 Å². The van der Waals surface area contributed by atoms with E-state index in [1.54, 1.807) is 119 Å². The largest absolute Gasteiger partial charge is 0.481 e. The fraction of sp³-hybridized carbons (Fsp3) is 0.379. The number of hydrogen-bond donors (Lipinski definition) is 8. The van der Waals surface area contributed by atoms with Crippen molar-refractivity contribution in [2.45, 2.75) is 176 Å². The molecule has 0 saturated carbocycles. The summed E-state index contributed by atoms with van der Waals surface area (Å²) in [6.07, 6.45) is 18.3. The summed E-state index contributed by atoms with van der Waals surface area (Å²) < 4.78 is 147. The summed E-state index contributed by atoms with van der Waals surface area (Å²) in [4.78, 5) is 119. The number of benzene rings is 4. The van der Waals surface area contributed by atoms with E-state index in [2.05, 4.69) is 67.4 Å². The van der Waals surface area contributed by atoms with Gasteiger partial charge in [0, 0.05) is 154 Å². The van der Waals surface area contributed by atoms with Crippen molar-refractivity contribution in [1.29, 1.82) is 0 Å². The van der Waals surface area contributed by atoms with Crippen LogP contribution >= 0.6 is 0 Å². The predicted octanol–water partition coefficient (Wildman–Crippen LogP) is 10.9. The number of rotatable bonds is 26. The fourth-order valence-corrected chi connectivity index (χ4v) is 20.3. The standard InChI is InChI=1S/C25H31FN6O5S.C25H30N6O5S.C23H26N6O5S.C22H29N5O4S/c1-14(2)18-11-17(26)12-19(16-8-9-27-21(10-16)37-15(3)4)23(18)28-25(34)30-38(35,36)22-13-20(32(7)29-22)24(33)31(5)6;1-25(2,23(32)30(3)4)31-14-12-21(28-31)37(34,35)29-24(33)27-22-18-8-6-7-16(18)9-10-19(22)17-11-13-26-20(15-17)36-5;1-28(2)22(30)18-13-20(26-29(18)3)35(32,33)27-23(31)25-21-16-7-5-6-14(16)8-9-17(21)15-10-11-24-19(12-15)34-4;1-22(2,20(28)26(3)4)27-12-11-18(24-27)32(30,31)25-21(29)23-19-16-9-5-7-14(16)13-15-8-6-10-17(15)19/h8-15H,1-7H3,(H2,28,30,34);9-15H,6-8H2,1-5H3,(H2,27,29,33);8-13H,5-7H2,1-4H3,(H2,25,27,31);11-13H,5-10H2,1-4H3,(H2,23,25,29). The lowest BCUT2D eigenvalue weighted by molar-refractivity contribution is -0.137. The minimum Gasteiger partial charge on any atom is -0.481 e. The van der Waals surface area contributed by atoms with E-state index in [0.717, 1.165) is 160 Å². The first-order valence-corrected chi connectivity index (χ1v) is 51.0. The Balaban J connectivity index is 0.000000169. The smallest absolute Gasteiger partial charge is 0.333 e. The monoisotopic (exact) mass is 2030 g/mol. The zero-order valence-electron chi connectivity index (χ0n) is 82.3. The van der Waals surface area contributed by atoms with Crippen LogP contribution in [0.2, 0.25) is 0 Å². The summed E-state index contributed by atoms with van der Waals surface area (Å²) >= 11 is 0. The van der Waals surface area contributed by atoms with Gasteiger partial charge in [-0.15, -0.1) is 0 Å². The maximum absolute atomic E-state index is 14.6. The first-order valence-electron chi connectivity index (χ1n) is 45.1. The molecule has 0 bridgehead atoms. The number of halogens is 1. The molecule has 756 valence electrons. The highest BCUT2D eigenvalue weighted by molar-refractivity contribution is 7.90. The molecule has 0 spiro atoms. The molecule has 15 rings (SSSR count). The summed E-state index contributed by atoms with van der Waals surface area (Å²) in [6, 6.07) is 23.9. The second-order valence-electron chi connectivity index (χ2n) is 36.3. The second-order valence-corrected chi connectivity index (χ2v) is 42.8. The van der Waals surface area contributed by atoms with Gasteiger partial charge in [0.05, 0.1) is 37.4 Å². The number of urea groups is 4. The number of fused-ring (bicyclic) bond motifs is 4. The van der Waals surface area contributed by atoms with Crippen molar-refractivity contribution in [2.24, 2.45) is 14.1 Å². The number of aryl methyl sites for hydroxylation is 6. The lowest BCUT2D eigenvalue weighted by atomic mass is 9.94. The minimum absolute atomic E-state index is 0.0239. The molecule has 0 unspecified atom stereocenters. The van der Waals surface area contributed by atoms with Crippen molar-refractivity contribution in [1.82, 2.24) is 92.6 Å². The second kappa shape index (κ2) is 43.2. The maximum atomic E-state index is 14.6. The number of carbonyl (C=O) groups excluding carboxylic acids is 8. The SMILES string of the molecule is CC(C)Oc1cc(-c2cc(F)cc(C(C)C)c2NC(=O)NS(=O)(=O)c2cc(C(=O)N(C)C)n(C)n2)ccn1.CN(C)C(=O)C(C)(C)n1ccc(S(=O)(=O)NC(=O)Nc2c3c(cc4c2CCC4)CCC3)n1.COc1cc(-c2ccc3c(c2NC(=O)NS(=O)(=O)c2cc(C(=O)N(C)C)n(C)n2)CCC3)ccn1.COc1cc(-c2ccc3c(c2NC(=O)NS(=O)(=O)c2ccn(C(C)(C)C(=O)N(C)C)n2)CCC3)ccn1. The van der Waals surface area contributed by atoms with Crippen LogP contribution < -0.4 is 54.4 Å². The van der Waals surface area contributed by atoms with Gasteiger partial charge in [0.15, 0.2) is 20.1 Å². The average molecular weight is 2030 g/mol. The van der Waals surface area contributed by atoms with Crippen LogP contribution in [0.15, 0.2) is 154 Å². The number of carbonyl (C=O) groups is 8. The molecule has 4 aromatic carbocycles. The number of anilines is 4. The van der Waals surface area contributed by atoms with Gasteiger partial charge in [-0.25, -0.2) is 57.4 Å². The van der Waals surface area contributed by atoms with Crippen molar-refractivity contribution in [3.63, 3.8) is 0 Å². The lowest BCUT2D eigenvalue weighted by Gasteiger charge is -2.27. The van der Waals surface area contributed by atoms with E-state index in [9.17, 15) is 76.4 Å². The van der Waals surface area contributed by atoms with Crippen molar-refractivity contribution in [3.05, 3.63) is 201 Å². The number of pyridine rings is 3. The molecule has 12 amide bonds. The number of hydrogen-bond acceptors (Lipinski definition) is 26. The van der Waals surface area contributed by atoms with Crippen LogP contribution in [0.4, 0.5) is 46.3 Å². The summed E-state index contributed by atoms with van der Waals surface area (Å²) in [6.45, 7) is 13.9. The van der Waals surface area contributed by atoms with Gasteiger partial charge >= 0.3 is 24.1 Å². The topological polar surface area (TPSA) is 520 Å². The first kappa shape index (κ1) is 106. The number of methoxy groups -OCH3 is 2. The van der Waals surface area contributed by atoms with Crippen LogP contribution in [0.1, 0.15) is 158 Å². The van der Waals surface area contributed by atoms with Crippen LogP contribution in [0.3, 0.4) is 0 Å². The van der Waals surface area contributed by atoms with Crippen molar-refractivity contribution in [2.75, 3.05) is 91.9 Å². The zero-order chi connectivity index (χ0) is 104. The van der Waals surface area contributed by atoms with E-state index in [0.29, 0.717) is 45.7 Å². The Hall–Kier alpha value is -14.7. The first-order chi connectivity index (χ1) is 66.7. The fourth-order valence-electron chi connectivity index (χ4n) is 16.8. The van der Waals surface area contributed by atoms with E-state index in [-0.39, 0.29) is 51.0 Å². The number of likely N-dealkylation sites (N-methyl/N-ethyl adjacent to an activating group) is 2. The van der Waals surface area contributed by atoms with E-state index in [1.807, 2.05) is 66.1 Å². The molecule has 11 aromatic rings. The molecular weight excluding hydrogens is 1910 g/mol. The molecule has 7 aromatic heterocycles. The Kier molecular flexibility index (Phi) is 32.3. The Labute approximate surface area is 822 Å². The van der Waals surface area contributed by atoms with E-state index >= 15 is 0 Å². The van der Waals surface area contributed by atoms with Gasteiger partial charge in [-0.05, 0) is 234 Å². The third-order valence-corrected chi connectivity index (χ3v) is 28.6. The summed E-state index contributed by atoms with van der Waals surface area (Å²) in [5.41, 5.74) is 13.1. The van der Waals surface area contributed by atoms with Gasteiger partial charge in [0.25, 0.3) is 51.9 Å². The van der Waals surface area contributed by atoms with Crippen LogP contribution in [-0.4, -0.2) is 232 Å². The molecule has 0 aliphatic heterocycles. The Bertz CT molecular complexity index is 7200. The van der Waals surface area contributed by atoms with Gasteiger partial charge in [0.1, 0.15) is 28.3 Å². The van der Waals surface area contributed by atoms with Gasteiger partial charge in [0.2, 0.25) is 29.5 Å². The van der Waals surface area contributed by atoms with Gasteiger partial charge in [-0.2, -0.15) is 54.1 Å². The Morgan fingerprint density at radius 3 is 1.08 bits per heavy atom. The molecule has 4 aliphatic carbocycles. The van der Waals surface area contributed by atoms with Gasteiger partial charge < -0.3 is 55.1 Å². The molecule has 142 heavy (non-hydrogen) atoms. The summed E-state index contributed by atoms with van der Waals surface area (Å²) in [5, 5.41) is 25.2. The van der Waals surface area contributed by atoms with Crippen molar-refractivity contribution < 1.29 is 90.6 Å². The number of aromatic nitrogens is 11. The van der Waals surface area contributed by atoms with Gasteiger partial charge in [-0.1, -0.05) is 44.2 Å². The minimum atomic E-state index is -4.45. The number of nitrogens with one attached hydrogen (secondary N) is 8. The van der Waals surface area contributed by atoms with E-state index in [4.69, 9.17) is 14.2 Å². The molecule has 0 fully saturated rings. The molecule has 8 N–H and O–H groups in total. The van der Waals surface area contributed by atoms with Crippen LogP contribution in [0.25, 0.3) is 33.4 Å². The number of nitrogens with zero attached hydrogens (tertiary/aromatic N) is 15. The molecule has 47 heteroatoms. The Morgan fingerprint density at radius 2 is 0.725 bits per heavy atom. The predicted molar refractivity (Wildman–Crippen MR) is 527 cm³/mol. The number of ether oxygens (including phenoxy) is 3. The Morgan fingerprint density at radius 1 is 0.387 bits per heavy atom. The molecule has 0 radical (unpaired) electrons. The molecule has 7 heterocycles. The average Bonchev–Trinajstić information content (AvgIpc) is 1.71. The van der Waals surface area contributed by atoms with Crippen LogP contribution in [0, 0.1) is 5.82 Å². The quantitative estimate of drug-likeness (QED) is 0.0250. The van der Waals surface area contributed by atoms with Gasteiger partial charge in [-0.3, -0.25) is 37.9 Å². The zero-order valence-corrected chi connectivity index (χ0v) is 85.6. The van der Waals surface area contributed by atoms with Crippen molar-refractivity contribution in [3.8, 4) is 51.0 Å². The molecule has 0 atom stereocenters. The molecule has 4 aliphatic rings. The highest BCUT2D eigenvalue weighted by Gasteiger charge is 2.38. The number of amides is 12. The highest BCUT2D eigenvalue weighted by Crippen LogP contribution is 2.44. The summed E-state index contributed by atoms with van der Waals surface area (Å²) in [7, 11) is 1.17. The van der Waals surface area contributed by atoms with Crippen molar-refractivity contribution >= 4 is 111 Å². The van der Waals surface area contributed by atoms with Crippen LogP contribution in [0.5, 0.6) is 17.6 Å². The third-order valence-electron chi connectivity index (χ3n) is 23.8. The molecule has 0 saturated heterocycles. The summed E-state index contributed by atoms with van der Waals surface area (Å²) in [5.74, 6) is -0.974. The number of sulfonamides is 4. The highest BCUT2D eigenvalue weighted by atomic mass is 32.2. The van der Waals surface area contributed by atoms with E-state index < -0.39 is 103 Å². The molecular formula is C95H116FN23O19S4.